The van der Waals surface area contributed by atoms with Gasteiger partial charge in [0.15, 0.2) is 5.69 Å². The highest BCUT2D eigenvalue weighted by atomic mass is 16.2. The Hall–Kier alpha value is -2.70. The Morgan fingerprint density at radius 1 is 1.20 bits per heavy atom. The van der Waals surface area contributed by atoms with E-state index in [1.165, 1.54) is 15.8 Å². The van der Waals surface area contributed by atoms with Gasteiger partial charge in [-0.1, -0.05) is 17.3 Å². The Bertz CT molecular complexity index is 780. The van der Waals surface area contributed by atoms with Crippen LogP contribution in [-0.2, 0) is 11.3 Å². The van der Waals surface area contributed by atoms with Crippen molar-refractivity contribution in [3.63, 3.8) is 0 Å². The summed E-state index contributed by atoms with van der Waals surface area (Å²) in [6, 6.07) is 5.97. The van der Waals surface area contributed by atoms with E-state index in [2.05, 4.69) is 10.3 Å². The van der Waals surface area contributed by atoms with Gasteiger partial charge in [-0.05, 0) is 44.9 Å². The van der Waals surface area contributed by atoms with Crippen molar-refractivity contribution in [3.05, 3.63) is 41.2 Å². The quantitative estimate of drug-likeness (QED) is 0.833. The number of benzene rings is 1. The van der Waals surface area contributed by atoms with Crippen LogP contribution in [0, 0.1) is 13.8 Å². The number of hydrogen-bond donors (Lipinski definition) is 0. The summed E-state index contributed by atoms with van der Waals surface area (Å²) in [7, 11) is 3.35. The van der Waals surface area contributed by atoms with E-state index >= 15 is 0 Å². The predicted molar refractivity (Wildman–Crippen MR) is 96.6 cm³/mol. The summed E-state index contributed by atoms with van der Waals surface area (Å²) < 4.78 is 1.39. The zero-order valence-corrected chi connectivity index (χ0v) is 15.6. The number of rotatable bonds is 5. The maximum atomic E-state index is 13.0. The van der Waals surface area contributed by atoms with Gasteiger partial charge in [0.2, 0.25) is 5.91 Å². The SMILES string of the molecule is Cc1ccc(C)c(N(C(=O)c2cn(CC(=O)N(C)C)nn2)C(C)C)c1. The lowest BCUT2D eigenvalue weighted by Gasteiger charge is -2.28. The Labute approximate surface area is 148 Å². The van der Waals surface area contributed by atoms with Crippen LogP contribution in [0.1, 0.15) is 35.5 Å². The molecule has 0 aliphatic heterocycles. The fourth-order valence-corrected chi connectivity index (χ4v) is 2.48. The van der Waals surface area contributed by atoms with E-state index in [0.717, 1.165) is 16.8 Å². The second-order valence-corrected chi connectivity index (χ2v) is 6.65. The maximum Gasteiger partial charge on any atom is 0.280 e. The first-order valence-electron chi connectivity index (χ1n) is 8.21. The molecule has 0 atom stereocenters. The van der Waals surface area contributed by atoms with Gasteiger partial charge in [-0.3, -0.25) is 9.59 Å². The standard InChI is InChI=1S/C18H25N5O2/c1-12(2)23(16-9-13(3)7-8-14(16)4)18(25)15-10-22(20-19-15)11-17(24)21(5)6/h7-10,12H,11H2,1-6H3. The summed E-state index contributed by atoms with van der Waals surface area (Å²) in [5.74, 6) is -0.341. The number of amides is 2. The average molecular weight is 343 g/mol. The van der Waals surface area contributed by atoms with Crippen molar-refractivity contribution in [2.75, 3.05) is 19.0 Å². The molecular weight excluding hydrogens is 318 g/mol. The summed E-state index contributed by atoms with van der Waals surface area (Å²) in [6.45, 7) is 7.94. The molecule has 0 radical (unpaired) electrons. The average Bonchev–Trinajstić information content (AvgIpc) is 2.99. The van der Waals surface area contributed by atoms with Gasteiger partial charge < -0.3 is 9.80 Å². The van der Waals surface area contributed by atoms with Gasteiger partial charge in [0.1, 0.15) is 6.54 Å². The molecule has 25 heavy (non-hydrogen) atoms. The van der Waals surface area contributed by atoms with E-state index in [0.29, 0.717) is 0 Å². The van der Waals surface area contributed by atoms with Crippen LogP contribution in [0.4, 0.5) is 5.69 Å². The third-order valence-corrected chi connectivity index (χ3v) is 3.91. The fraction of sp³-hybridized carbons (Fsp3) is 0.444. The molecule has 2 amide bonds. The van der Waals surface area contributed by atoms with Crippen molar-refractivity contribution >= 4 is 17.5 Å². The fourth-order valence-electron chi connectivity index (χ4n) is 2.48. The van der Waals surface area contributed by atoms with Gasteiger partial charge >= 0.3 is 0 Å². The van der Waals surface area contributed by atoms with Gasteiger partial charge in [-0.2, -0.15) is 0 Å². The number of carbonyl (C=O) groups is 2. The molecule has 1 aromatic carbocycles. The Kier molecular flexibility index (Phi) is 5.56. The highest BCUT2D eigenvalue weighted by Crippen LogP contribution is 2.25. The number of hydrogen-bond acceptors (Lipinski definition) is 4. The van der Waals surface area contributed by atoms with Crippen molar-refractivity contribution in [2.45, 2.75) is 40.3 Å². The number of aromatic nitrogens is 3. The van der Waals surface area contributed by atoms with Crippen molar-refractivity contribution in [1.29, 1.82) is 0 Å². The lowest BCUT2D eigenvalue weighted by molar-refractivity contribution is -0.129. The van der Waals surface area contributed by atoms with Crippen LogP contribution < -0.4 is 4.90 Å². The largest absolute Gasteiger partial charge is 0.347 e. The van der Waals surface area contributed by atoms with Gasteiger partial charge in [0.05, 0.1) is 6.20 Å². The molecule has 0 unspecified atom stereocenters. The molecule has 7 heteroatoms. The van der Waals surface area contributed by atoms with Crippen LogP contribution in [0.3, 0.4) is 0 Å². The minimum absolute atomic E-state index is 0.0402. The van der Waals surface area contributed by atoms with Gasteiger partial charge in [0.25, 0.3) is 5.91 Å². The van der Waals surface area contributed by atoms with Gasteiger partial charge in [-0.25, -0.2) is 4.68 Å². The van der Waals surface area contributed by atoms with Crippen LogP contribution >= 0.6 is 0 Å². The topological polar surface area (TPSA) is 71.3 Å². The number of anilines is 1. The lowest BCUT2D eigenvalue weighted by Crippen LogP contribution is -2.37. The molecular formula is C18H25N5O2. The number of aryl methyl sites for hydroxylation is 2. The molecule has 0 bridgehead atoms. The highest BCUT2D eigenvalue weighted by molar-refractivity contribution is 6.05. The molecule has 0 fully saturated rings. The van der Waals surface area contributed by atoms with Crippen molar-refractivity contribution in [1.82, 2.24) is 19.9 Å². The molecule has 7 nitrogen and oxygen atoms in total. The summed E-state index contributed by atoms with van der Waals surface area (Å²) in [4.78, 5) is 28.0. The Morgan fingerprint density at radius 3 is 2.48 bits per heavy atom. The molecule has 0 spiro atoms. The third-order valence-electron chi connectivity index (χ3n) is 3.91. The van der Waals surface area contributed by atoms with Crippen LogP contribution in [0.25, 0.3) is 0 Å². The van der Waals surface area contributed by atoms with Crippen LogP contribution in [0.15, 0.2) is 24.4 Å². The molecule has 2 aromatic rings. The maximum absolute atomic E-state index is 13.0. The van der Waals surface area contributed by atoms with E-state index in [-0.39, 0.29) is 30.1 Å². The predicted octanol–water partition coefficient (Wildman–Crippen LogP) is 2.04. The third kappa shape index (κ3) is 4.23. The molecule has 1 heterocycles. The van der Waals surface area contributed by atoms with E-state index in [1.807, 2.05) is 45.9 Å². The molecule has 134 valence electrons. The minimum atomic E-state index is -0.229. The van der Waals surface area contributed by atoms with E-state index < -0.39 is 0 Å². The normalized spacial score (nSPS) is 10.8. The minimum Gasteiger partial charge on any atom is -0.347 e. The van der Waals surface area contributed by atoms with Crippen LogP contribution in [0.2, 0.25) is 0 Å². The van der Waals surface area contributed by atoms with Gasteiger partial charge in [-0.15, -0.1) is 5.10 Å². The van der Waals surface area contributed by atoms with Crippen molar-refractivity contribution in [3.8, 4) is 0 Å². The molecule has 0 aliphatic rings. The van der Waals surface area contributed by atoms with Crippen molar-refractivity contribution in [2.24, 2.45) is 0 Å². The monoisotopic (exact) mass is 343 g/mol. The molecule has 2 rings (SSSR count). The first kappa shape index (κ1) is 18.6. The second kappa shape index (κ2) is 7.46. The molecule has 0 aliphatic carbocycles. The summed E-state index contributed by atoms with van der Waals surface area (Å²) >= 11 is 0. The summed E-state index contributed by atoms with van der Waals surface area (Å²) in [5, 5.41) is 7.87. The first-order chi connectivity index (χ1) is 11.7. The Morgan fingerprint density at radius 2 is 1.88 bits per heavy atom. The first-order valence-corrected chi connectivity index (χ1v) is 8.21. The van der Waals surface area contributed by atoms with E-state index in [1.54, 1.807) is 19.0 Å². The van der Waals surface area contributed by atoms with Crippen LogP contribution in [-0.4, -0.2) is 51.8 Å². The molecule has 0 N–H and O–H groups in total. The van der Waals surface area contributed by atoms with Crippen LogP contribution in [0.5, 0.6) is 0 Å². The number of carbonyl (C=O) groups excluding carboxylic acids is 2. The zero-order valence-electron chi connectivity index (χ0n) is 15.6. The van der Waals surface area contributed by atoms with Gasteiger partial charge in [0, 0.05) is 25.8 Å². The molecule has 1 aromatic heterocycles. The second-order valence-electron chi connectivity index (χ2n) is 6.65. The highest BCUT2D eigenvalue weighted by Gasteiger charge is 2.25. The van der Waals surface area contributed by atoms with E-state index in [9.17, 15) is 9.59 Å². The number of likely N-dealkylation sites (N-methyl/N-ethyl adjacent to an activating group) is 1. The molecule has 0 saturated heterocycles. The summed E-state index contributed by atoms with van der Waals surface area (Å²) in [5.41, 5.74) is 3.18. The molecule has 0 saturated carbocycles. The Balaban J connectivity index is 2.31. The lowest BCUT2D eigenvalue weighted by atomic mass is 10.1. The van der Waals surface area contributed by atoms with Crippen molar-refractivity contribution < 1.29 is 9.59 Å². The smallest absolute Gasteiger partial charge is 0.280 e. The number of nitrogens with zero attached hydrogens (tertiary/aromatic N) is 5. The zero-order chi connectivity index (χ0) is 18.7. The van der Waals surface area contributed by atoms with E-state index in [4.69, 9.17) is 0 Å². The summed E-state index contributed by atoms with van der Waals surface area (Å²) in [6.07, 6.45) is 1.52.